The van der Waals surface area contributed by atoms with Gasteiger partial charge in [0.05, 0.1) is 5.92 Å². The molecule has 0 bridgehead atoms. The van der Waals surface area contributed by atoms with Crippen LogP contribution >= 0.6 is 11.6 Å². The highest BCUT2D eigenvalue weighted by Crippen LogP contribution is 2.30. The minimum atomic E-state index is -0.262. The van der Waals surface area contributed by atoms with E-state index in [0.29, 0.717) is 10.7 Å². The van der Waals surface area contributed by atoms with Gasteiger partial charge in [0.15, 0.2) is 0 Å². The molecule has 26 heavy (non-hydrogen) atoms. The van der Waals surface area contributed by atoms with E-state index in [1.165, 1.54) is 0 Å². The van der Waals surface area contributed by atoms with Crippen molar-refractivity contribution in [1.82, 2.24) is 0 Å². The quantitative estimate of drug-likeness (QED) is 0.746. The number of halogens is 1. The first-order chi connectivity index (χ1) is 12.4. The van der Waals surface area contributed by atoms with E-state index in [-0.39, 0.29) is 29.6 Å². The molecule has 1 unspecified atom stereocenters. The molecule has 0 heterocycles. The van der Waals surface area contributed by atoms with E-state index in [9.17, 15) is 9.59 Å². The van der Waals surface area contributed by atoms with Crippen LogP contribution in [0.5, 0.6) is 0 Å². The zero-order chi connectivity index (χ0) is 18.7. The van der Waals surface area contributed by atoms with Crippen LogP contribution in [0.4, 0.5) is 11.4 Å². The maximum absolute atomic E-state index is 12.8. The van der Waals surface area contributed by atoms with Gasteiger partial charge in [0.1, 0.15) is 0 Å². The largest absolute Gasteiger partial charge is 0.326 e. The zero-order valence-electron chi connectivity index (χ0n) is 15.0. The Morgan fingerprint density at radius 1 is 0.923 bits per heavy atom. The number of carbonyl (C=O) groups is 2. The monoisotopic (exact) mass is 370 g/mol. The summed E-state index contributed by atoms with van der Waals surface area (Å²) in [6.45, 7) is 4.05. The molecule has 1 aliphatic carbocycles. The Kier molecular flexibility index (Phi) is 5.62. The summed E-state index contributed by atoms with van der Waals surface area (Å²) in [5.74, 6) is 0.0665. The molecule has 1 saturated carbocycles. The summed E-state index contributed by atoms with van der Waals surface area (Å²) in [6.07, 6.45) is 1.95. The lowest BCUT2D eigenvalue weighted by Gasteiger charge is -2.21. The summed E-state index contributed by atoms with van der Waals surface area (Å²) < 4.78 is 0. The highest BCUT2D eigenvalue weighted by molar-refractivity contribution is 6.30. The Morgan fingerprint density at radius 2 is 1.46 bits per heavy atom. The molecule has 1 atom stereocenters. The van der Waals surface area contributed by atoms with Crippen LogP contribution in [-0.4, -0.2) is 11.8 Å². The van der Waals surface area contributed by atoms with Gasteiger partial charge in [-0.05, 0) is 60.7 Å². The van der Waals surface area contributed by atoms with E-state index in [4.69, 9.17) is 11.6 Å². The smallest absolute Gasteiger partial charge is 0.232 e. The number of carbonyl (C=O) groups excluding carboxylic acids is 2. The summed E-state index contributed by atoms with van der Waals surface area (Å²) in [7, 11) is 0. The first kappa shape index (κ1) is 18.5. The summed E-state index contributed by atoms with van der Waals surface area (Å²) >= 11 is 5.95. The Bertz CT molecular complexity index is 781. The predicted molar refractivity (Wildman–Crippen MR) is 105 cm³/mol. The average Bonchev–Trinajstić information content (AvgIpc) is 3.43. The second-order valence-electron chi connectivity index (χ2n) is 7.10. The van der Waals surface area contributed by atoms with Gasteiger partial charge in [-0.1, -0.05) is 37.6 Å². The van der Waals surface area contributed by atoms with Crippen LogP contribution < -0.4 is 10.6 Å². The average molecular weight is 371 g/mol. The number of rotatable bonds is 6. The van der Waals surface area contributed by atoms with E-state index in [0.717, 1.165) is 24.1 Å². The third kappa shape index (κ3) is 4.64. The van der Waals surface area contributed by atoms with Crippen LogP contribution in [0.3, 0.4) is 0 Å². The molecular formula is C21H23ClN2O2. The van der Waals surface area contributed by atoms with Gasteiger partial charge in [-0.2, -0.15) is 0 Å². The second kappa shape index (κ2) is 7.92. The Balaban J connectivity index is 1.66. The summed E-state index contributed by atoms with van der Waals surface area (Å²) in [6, 6.07) is 14.6. The first-order valence-corrected chi connectivity index (χ1v) is 9.29. The van der Waals surface area contributed by atoms with Crippen molar-refractivity contribution >= 4 is 34.8 Å². The number of hydrogen-bond donors (Lipinski definition) is 2. The normalized spacial score (nSPS) is 14.8. The third-order valence-corrected chi connectivity index (χ3v) is 4.80. The van der Waals surface area contributed by atoms with Gasteiger partial charge < -0.3 is 10.6 Å². The lowest BCUT2D eigenvalue weighted by molar-refractivity contribution is -0.118. The fourth-order valence-electron chi connectivity index (χ4n) is 2.96. The van der Waals surface area contributed by atoms with Crippen molar-refractivity contribution in [3.8, 4) is 0 Å². The predicted octanol–water partition coefficient (Wildman–Crippen LogP) is 5.07. The van der Waals surface area contributed by atoms with E-state index < -0.39 is 0 Å². The minimum absolute atomic E-state index is 0.0583. The molecule has 1 fully saturated rings. The van der Waals surface area contributed by atoms with Crippen molar-refractivity contribution < 1.29 is 9.59 Å². The maximum Gasteiger partial charge on any atom is 0.232 e. The fraction of sp³-hybridized carbons (Fsp3) is 0.333. The molecule has 3 rings (SSSR count). The molecule has 2 amide bonds. The zero-order valence-corrected chi connectivity index (χ0v) is 15.7. The van der Waals surface area contributed by atoms with Crippen LogP contribution in [0, 0.1) is 11.8 Å². The molecule has 2 aromatic rings. The SMILES string of the molecule is CC(C)C(C(=O)Nc1ccc(NC(=O)C2CC2)cc1)c1ccc(Cl)cc1. The molecule has 0 aromatic heterocycles. The van der Waals surface area contributed by atoms with Gasteiger partial charge in [0, 0.05) is 22.3 Å². The van der Waals surface area contributed by atoms with Gasteiger partial charge >= 0.3 is 0 Å². The Labute approximate surface area is 158 Å². The number of hydrogen-bond acceptors (Lipinski definition) is 2. The van der Waals surface area contributed by atoms with E-state index in [1.807, 2.05) is 38.1 Å². The topological polar surface area (TPSA) is 58.2 Å². The molecule has 0 radical (unpaired) electrons. The molecule has 4 nitrogen and oxygen atoms in total. The maximum atomic E-state index is 12.8. The lowest BCUT2D eigenvalue weighted by Crippen LogP contribution is -2.25. The first-order valence-electron chi connectivity index (χ1n) is 8.91. The number of amides is 2. The molecule has 0 saturated heterocycles. The van der Waals surface area contributed by atoms with Crippen molar-refractivity contribution in [1.29, 1.82) is 0 Å². The van der Waals surface area contributed by atoms with Crippen molar-refractivity contribution in [2.45, 2.75) is 32.6 Å². The van der Waals surface area contributed by atoms with Gasteiger partial charge in [-0.3, -0.25) is 9.59 Å². The standard InChI is InChI=1S/C21H23ClN2O2/c1-13(2)19(14-5-7-16(22)8-6-14)21(26)24-18-11-9-17(10-12-18)23-20(25)15-3-4-15/h5-13,15,19H,3-4H2,1-2H3,(H,23,25)(H,24,26). The fourth-order valence-corrected chi connectivity index (χ4v) is 3.08. The molecular weight excluding hydrogens is 348 g/mol. The molecule has 1 aliphatic rings. The van der Waals surface area contributed by atoms with Gasteiger partial charge in [0.2, 0.25) is 11.8 Å². The summed E-state index contributed by atoms with van der Waals surface area (Å²) in [5, 5.41) is 6.51. The number of nitrogens with one attached hydrogen (secondary N) is 2. The van der Waals surface area contributed by atoms with Crippen molar-refractivity contribution in [2.75, 3.05) is 10.6 Å². The third-order valence-electron chi connectivity index (χ3n) is 4.55. The molecule has 2 N–H and O–H groups in total. The molecule has 0 spiro atoms. The van der Waals surface area contributed by atoms with Gasteiger partial charge in [0.25, 0.3) is 0 Å². The molecule has 136 valence electrons. The van der Waals surface area contributed by atoms with Gasteiger partial charge in [-0.15, -0.1) is 0 Å². The molecule has 0 aliphatic heterocycles. The minimum Gasteiger partial charge on any atom is -0.326 e. The van der Waals surface area contributed by atoms with Crippen LogP contribution in [0.15, 0.2) is 48.5 Å². The number of anilines is 2. The van der Waals surface area contributed by atoms with Crippen molar-refractivity contribution in [3.05, 3.63) is 59.1 Å². The van der Waals surface area contributed by atoms with Gasteiger partial charge in [-0.25, -0.2) is 0 Å². The number of benzene rings is 2. The van der Waals surface area contributed by atoms with Crippen LogP contribution in [0.1, 0.15) is 38.2 Å². The van der Waals surface area contributed by atoms with Crippen LogP contribution in [0.25, 0.3) is 0 Å². The molecule has 2 aromatic carbocycles. The highest BCUT2D eigenvalue weighted by Gasteiger charge is 2.29. The lowest BCUT2D eigenvalue weighted by atomic mass is 9.87. The second-order valence-corrected chi connectivity index (χ2v) is 7.54. The van der Waals surface area contributed by atoms with E-state index in [1.54, 1.807) is 24.3 Å². The van der Waals surface area contributed by atoms with Crippen molar-refractivity contribution in [2.24, 2.45) is 11.8 Å². The van der Waals surface area contributed by atoms with Crippen LogP contribution in [0.2, 0.25) is 5.02 Å². The van der Waals surface area contributed by atoms with E-state index in [2.05, 4.69) is 10.6 Å². The molecule has 5 heteroatoms. The van der Waals surface area contributed by atoms with E-state index >= 15 is 0 Å². The van der Waals surface area contributed by atoms with Crippen molar-refractivity contribution in [3.63, 3.8) is 0 Å². The summed E-state index contributed by atoms with van der Waals surface area (Å²) in [4.78, 5) is 24.6. The Hall–Kier alpha value is -2.33. The van der Waals surface area contributed by atoms with Crippen LogP contribution in [-0.2, 0) is 9.59 Å². The summed E-state index contributed by atoms with van der Waals surface area (Å²) in [5.41, 5.74) is 2.40. The Morgan fingerprint density at radius 3 is 1.96 bits per heavy atom. The highest BCUT2D eigenvalue weighted by atomic mass is 35.5.